The molecule has 0 saturated carbocycles. The van der Waals surface area contributed by atoms with Gasteiger partial charge in [0.2, 0.25) is 0 Å². The third-order valence-corrected chi connectivity index (χ3v) is 3.26. The van der Waals surface area contributed by atoms with Gasteiger partial charge in [-0.25, -0.2) is 0 Å². The van der Waals surface area contributed by atoms with Gasteiger partial charge in [-0.15, -0.1) is 12.6 Å². The van der Waals surface area contributed by atoms with Gasteiger partial charge in [0.25, 0.3) is 5.91 Å². The zero-order valence-electron chi connectivity index (χ0n) is 10.7. The molecule has 94 valence electrons. The van der Waals surface area contributed by atoms with E-state index in [-0.39, 0.29) is 11.9 Å². The molecule has 0 aliphatic heterocycles. The minimum Gasteiger partial charge on any atom is -0.350 e. The van der Waals surface area contributed by atoms with Crippen LogP contribution in [0.4, 0.5) is 0 Å². The van der Waals surface area contributed by atoms with E-state index in [0.29, 0.717) is 11.5 Å². The van der Waals surface area contributed by atoms with Crippen LogP contribution in [0.3, 0.4) is 0 Å². The van der Waals surface area contributed by atoms with Crippen LogP contribution in [0.5, 0.6) is 0 Å². The Morgan fingerprint density at radius 1 is 1.29 bits per heavy atom. The molecule has 0 bridgehead atoms. The highest BCUT2D eigenvalue weighted by Gasteiger charge is 2.11. The first-order valence-corrected chi connectivity index (χ1v) is 6.57. The SMILES string of the molecule is CCC(C)CC(C)NC(=O)c1ccc(S)cc1. The fraction of sp³-hybridized carbons (Fsp3) is 0.500. The second-order valence-electron chi connectivity index (χ2n) is 4.67. The molecule has 1 rings (SSSR count). The number of nitrogens with one attached hydrogen (secondary N) is 1. The zero-order chi connectivity index (χ0) is 12.8. The van der Waals surface area contributed by atoms with Crippen molar-refractivity contribution in [3.8, 4) is 0 Å². The molecule has 1 aromatic carbocycles. The number of carbonyl (C=O) groups is 1. The lowest BCUT2D eigenvalue weighted by atomic mass is 10.0. The maximum Gasteiger partial charge on any atom is 0.251 e. The van der Waals surface area contributed by atoms with Crippen molar-refractivity contribution >= 4 is 18.5 Å². The molecule has 0 fully saturated rings. The van der Waals surface area contributed by atoms with Gasteiger partial charge in [-0.3, -0.25) is 4.79 Å². The molecule has 1 amide bonds. The number of benzene rings is 1. The van der Waals surface area contributed by atoms with Gasteiger partial charge in [0.05, 0.1) is 0 Å². The predicted octanol–water partition coefficient (Wildman–Crippen LogP) is 3.53. The van der Waals surface area contributed by atoms with E-state index in [2.05, 4.69) is 38.7 Å². The van der Waals surface area contributed by atoms with E-state index in [1.54, 1.807) is 12.1 Å². The van der Waals surface area contributed by atoms with Crippen LogP contribution in [0.2, 0.25) is 0 Å². The van der Waals surface area contributed by atoms with Crippen LogP contribution >= 0.6 is 12.6 Å². The van der Waals surface area contributed by atoms with E-state index in [1.165, 1.54) is 0 Å². The maximum atomic E-state index is 11.9. The van der Waals surface area contributed by atoms with Gasteiger partial charge in [0.1, 0.15) is 0 Å². The summed E-state index contributed by atoms with van der Waals surface area (Å²) in [7, 11) is 0. The molecule has 1 aromatic rings. The van der Waals surface area contributed by atoms with Crippen molar-refractivity contribution in [3.63, 3.8) is 0 Å². The quantitative estimate of drug-likeness (QED) is 0.770. The normalized spacial score (nSPS) is 14.1. The fourth-order valence-corrected chi connectivity index (χ4v) is 1.90. The van der Waals surface area contributed by atoms with Crippen molar-refractivity contribution in [2.45, 2.75) is 44.6 Å². The molecule has 0 heterocycles. The van der Waals surface area contributed by atoms with Crippen LogP contribution in [0, 0.1) is 5.92 Å². The molecule has 0 spiro atoms. The highest BCUT2D eigenvalue weighted by atomic mass is 32.1. The van der Waals surface area contributed by atoms with E-state index >= 15 is 0 Å². The van der Waals surface area contributed by atoms with Crippen LogP contribution in [0.1, 0.15) is 44.0 Å². The molecule has 2 unspecified atom stereocenters. The molecule has 0 aliphatic rings. The number of hydrogen-bond acceptors (Lipinski definition) is 2. The molecule has 3 heteroatoms. The number of hydrogen-bond donors (Lipinski definition) is 2. The number of thiol groups is 1. The summed E-state index contributed by atoms with van der Waals surface area (Å²) in [5, 5.41) is 3.02. The van der Waals surface area contributed by atoms with E-state index in [4.69, 9.17) is 0 Å². The van der Waals surface area contributed by atoms with Crippen molar-refractivity contribution in [1.29, 1.82) is 0 Å². The topological polar surface area (TPSA) is 29.1 Å². The average molecular weight is 251 g/mol. The molecule has 1 N–H and O–H groups in total. The van der Waals surface area contributed by atoms with Crippen molar-refractivity contribution in [3.05, 3.63) is 29.8 Å². The first-order valence-electron chi connectivity index (χ1n) is 6.12. The Balaban J connectivity index is 2.51. The smallest absolute Gasteiger partial charge is 0.251 e. The minimum atomic E-state index is -0.00543. The second-order valence-corrected chi connectivity index (χ2v) is 5.19. The average Bonchev–Trinajstić information content (AvgIpc) is 2.29. The van der Waals surface area contributed by atoms with E-state index < -0.39 is 0 Å². The monoisotopic (exact) mass is 251 g/mol. The minimum absolute atomic E-state index is 0.00543. The fourth-order valence-electron chi connectivity index (χ4n) is 1.75. The first kappa shape index (κ1) is 14.1. The summed E-state index contributed by atoms with van der Waals surface area (Å²) in [6, 6.07) is 7.48. The predicted molar refractivity (Wildman–Crippen MR) is 74.7 cm³/mol. The van der Waals surface area contributed by atoms with E-state index in [0.717, 1.165) is 17.7 Å². The lowest BCUT2D eigenvalue weighted by Crippen LogP contribution is -2.33. The highest BCUT2D eigenvalue weighted by molar-refractivity contribution is 7.80. The van der Waals surface area contributed by atoms with Gasteiger partial charge >= 0.3 is 0 Å². The summed E-state index contributed by atoms with van der Waals surface area (Å²) < 4.78 is 0. The van der Waals surface area contributed by atoms with E-state index in [9.17, 15) is 4.79 Å². The van der Waals surface area contributed by atoms with Crippen LogP contribution in [0.25, 0.3) is 0 Å². The van der Waals surface area contributed by atoms with E-state index in [1.807, 2.05) is 12.1 Å². The Hall–Kier alpha value is -0.960. The highest BCUT2D eigenvalue weighted by Crippen LogP contribution is 2.11. The molecule has 0 aromatic heterocycles. The summed E-state index contributed by atoms with van der Waals surface area (Å²) in [5.41, 5.74) is 0.693. The largest absolute Gasteiger partial charge is 0.350 e. The number of rotatable bonds is 5. The molecule has 0 radical (unpaired) electrons. The summed E-state index contributed by atoms with van der Waals surface area (Å²) >= 11 is 4.20. The molecule has 0 aliphatic carbocycles. The van der Waals surface area contributed by atoms with Crippen LogP contribution in [-0.4, -0.2) is 11.9 Å². The third kappa shape index (κ3) is 4.82. The zero-order valence-corrected chi connectivity index (χ0v) is 11.6. The van der Waals surface area contributed by atoms with Gasteiger partial charge in [0.15, 0.2) is 0 Å². The van der Waals surface area contributed by atoms with Crippen molar-refractivity contribution in [1.82, 2.24) is 5.32 Å². The van der Waals surface area contributed by atoms with Crippen LogP contribution in [-0.2, 0) is 0 Å². The summed E-state index contributed by atoms with van der Waals surface area (Å²) in [6.45, 7) is 6.43. The Bertz CT molecular complexity index is 361. The third-order valence-electron chi connectivity index (χ3n) is 2.96. The van der Waals surface area contributed by atoms with Gasteiger partial charge in [-0.1, -0.05) is 20.3 Å². The van der Waals surface area contributed by atoms with Crippen molar-refractivity contribution in [2.24, 2.45) is 5.92 Å². The maximum absolute atomic E-state index is 11.9. The number of amides is 1. The van der Waals surface area contributed by atoms with Gasteiger partial charge in [0, 0.05) is 16.5 Å². The summed E-state index contributed by atoms with van der Waals surface area (Å²) in [4.78, 5) is 12.8. The lowest BCUT2D eigenvalue weighted by molar-refractivity contribution is 0.0935. The Morgan fingerprint density at radius 3 is 2.41 bits per heavy atom. The Labute approximate surface area is 109 Å². The Kier molecular flexibility index (Phi) is 5.56. The molecule has 17 heavy (non-hydrogen) atoms. The molecule has 0 saturated heterocycles. The van der Waals surface area contributed by atoms with Crippen LogP contribution in [0.15, 0.2) is 29.2 Å². The van der Waals surface area contributed by atoms with Gasteiger partial charge in [-0.2, -0.15) is 0 Å². The van der Waals surface area contributed by atoms with Gasteiger partial charge in [-0.05, 0) is 43.5 Å². The molecule has 2 atom stereocenters. The lowest BCUT2D eigenvalue weighted by Gasteiger charge is -2.17. The molecular weight excluding hydrogens is 230 g/mol. The number of carbonyl (C=O) groups excluding carboxylic acids is 1. The van der Waals surface area contributed by atoms with Crippen molar-refractivity contribution < 1.29 is 4.79 Å². The van der Waals surface area contributed by atoms with Crippen molar-refractivity contribution in [2.75, 3.05) is 0 Å². The van der Waals surface area contributed by atoms with Crippen LogP contribution < -0.4 is 5.32 Å². The second kappa shape index (κ2) is 6.70. The standard InChI is InChI=1S/C14H21NOS/c1-4-10(2)9-11(3)15-14(16)12-5-7-13(17)8-6-12/h5-8,10-11,17H,4,9H2,1-3H3,(H,15,16). The summed E-state index contributed by atoms with van der Waals surface area (Å²) in [6.07, 6.45) is 2.17. The first-order chi connectivity index (χ1) is 8.02. The van der Waals surface area contributed by atoms with Gasteiger partial charge < -0.3 is 5.32 Å². The Morgan fingerprint density at radius 2 is 1.88 bits per heavy atom. The summed E-state index contributed by atoms with van der Waals surface area (Å²) in [5.74, 6) is 0.638. The molecular formula is C14H21NOS. The molecule has 2 nitrogen and oxygen atoms in total.